The van der Waals surface area contributed by atoms with Crippen molar-refractivity contribution < 1.29 is 43.7 Å². The predicted octanol–water partition coefficient (Wildman–Crippen LogP) is 3.09. The van der Waals surface area contributed by atoms with E-state index in [1.54, 1.807) is 0 Å². The molecule has 0 atom stereocenters. The van der Waals surface area contributed by atoms with Crippen LogP contribution in [-0.4, -0.2) is 14.5 Å². The highest BCUT2D eigenvalue weighted by Gasteiger charge is 2.21. The molecule has 124 valence electrons. The summed E-state index contributed by atoms with van der Waals surface area (Å²) in [5, 5.41) is 0. The number of nitrogens with zero attached hydrogens (tertiary/aromatic N) is 2. The summed E-state index contributed by atoms with van der Waals surface area (Å²) in [5.74, 6) is 0. The van der Waals surface area contributed by atoms with Gasteiger partial charge in [-0.2, -0.15) is 9.13 Å². The van der Waals surface area contributed by atoms with Crippen LogP contribution in [-0.2, 0) is 14.1 Å². The highest BCUT2D eigenvalue weighted by atomic mass is 19.5. The third kappa shape index (κ3) is 10.9. The van der Waals surface area contributed by atoms with Crippen LogP contribution in [0.5, 0.6) is 0 Å². The number of rotatable bonds is 0. The molecule has 0 unspecified atom stereocenters. The van der Waals surface area contributed by atoms with E-state index in [0.717, 1.165) is 0 Å². The van der Waals surface area contributed by atoms with E-state index < -0.39 is 14.5 Å². The Kier molecular flexibility index (Phi) is 7.27. The van der Waals surface area contributed by atoms with Crippen molar-refractivity contribution in [3.8, 4) is 0 Å². The van der Waals surface area contributed by atoms with Crippen LogP contribution >= 0.6 is 0 Å². The zero-order valence-corrected chi connectivity index (χ0v) is 11.5. The lowest BCUT2D eigenvalue weighted by Gasteiger charge is -1.94. The van der Waals surface area contributed by atoms with E-state index in [-0.39, 0.29) is 0 Å². The van der Waals surface area contributed by atoms with Crippen LogP contribution < -0.4 is 9.13 Å². The van der Waals surface area contributed by atoms with Crippen LogP contribution in [0.25, 0.3) is 11.0 Å². The summed E-state index contributed by atoms with van der Waals surface area (Å²) in [7, 11) is -7.88. The van der Waals surface area contributed by atoms with E-state index in [1.165, 1.54) is 11.0 Å². The Balaban J connectivity index is 0.000000372. The lowest BCUT2D eigenvalue weighted by molar-refractivity contribution is -0.667. The zero-order chi connectivity index (χ0) is 17.6. The van der Waals surface area contributed by atoms with Gasteiger partial charge in [-0.15, -0.1) is 0 Å². The second kappa shape index (κ2) is 7.95. The lowest BCUT2D eigenvalue weighted by Crippen LogP contribution is -2.35. The minimum Gasteiger partial charge on any atom is -0.418 e. The van der Waals surface area contributed by atoms with Crippen LogP contribution in [0.3, 0.4) is 0 Å². The van der Waals surface area contributed by atoms with Crippen molar-refractivity contribution in [1.29, 1.82) is 0 Å². The molecule has 0 bridgehead atoms. The maximum Gasteiger partial charge on any atom is 0.673 e. The molecule has 2 rings (SSSR count). The first kappa shape index (κ1) is 20.1. The summed E-state index contributed by atoms with van der Waals surface area (Å²) in [4.78, 5) is 0. The van der Waals surface area contributed by atoms with Gasteiger partial charge in [0.2, 0.25) is 0 Å². The Morgan fingerprint density at radius 3 is 1.09 bits per heavy atom. The average Bonchev–Trinajstić information content (AvgIpc) is 2.26. The number of aryl methyl sites for hydroxylation is 2. The Morgan fingerprint density at radius 1 is 0.636 bits per heavy atom. The van der Waals surface area contributed by atoms with Gasteiger partial charge in [-0.3, -0.25) is 0 Å². The normalized spacial score (nSPS) is 11.2. The fraction of sp³-hybridized carbons (Fsp3) is 0.200. The largest absolute Gasteiger partial charge is 0.673 e. The maximum absolute atomic E-state index is 9.75. The van der Waals surface area contributed by atoms with Gasteiger partial charge in [-0.05, 0) is 0 Å². The Hall–Kier alpha value is -1.87. The van der Waals surface area contributed by atoms with E-state index >= 15 is 0 Å². The molecule has 2 heterocycles. The molecule has 0 saturated heterocycles. The molecule has 12 heteroatoms. The number of hydrogen-bond acceptors (Lipinski definition) is 0. The van der Waals surface area contributed by atoms with Crippen LogP contribution in [0.4, 0.5) is 34.5 Å². The molecule has 0 amide bonds. The molecule has 0 aliphatic rings. The second-order valence-electron chi connectivity index (χ2n) is 4.00. The minimum absolute atomic E-state index is 1.25. The van der Waals surface area contributed by atoms with Gasteiger partial charge < -0.3 is 34.5 Å². The summed E-state index contributed by atoms with van der Waals surface area (Å²) < 4.78 is 82.2. The van der Waals surface area contributed by atoms with Crippen LogP contribution in [0.2, 0.25) is 0 Å². The maximum atomic E-state index is 9.75. The van der Waals surface area contributed by atoms with Crippen molar-refractivity contribution in [1.82, 2.24) is 0 Å². The minimum atomic E-state index is -6.00. The molecule has 0 fully saturated rings. The molecule has 0 aromatic carbocycles. The molecule has 2 aromatic heterocycles. The van der Waals surface area contributed by atoms with E-state index in [0.29, 0.717) is 0 Å². The number of pyridine rings is 2. The van der Waals surface area contributed by atoms with Gasteiger partial charge in [-0.1, -0.05) is 0 Å². The highest BCUT2D eigenvalue weighted by Crippen LogP contribution is 2.07. The lowest BCUT2D eigenvalue weighted by atomic mass is 10.3. The number of hydrogen-bond donors (Lipinski definition) is 0. The molecule has 0 aliphatic carbocycles. The van der Waals surface area contributed by atoms with Gasteiger partial charge in [0.25, 0.3) is 11.0 Å². The van der Waals surface area contributed by atoms with Gasteiger partial charge in [-0.25, -0.2) is 0 Å². The van der Waals surface area contributed by atoms with Gasteiger partial charge >= 0.3 is 14.5 Å². The molecule has 22 heavy (non-hydrogen) atoms. The first-order chi connectivity index (χ1) is 9.79. The fourth-order valence-corrected chi connectivity index (χ4v) is 1.45. The SMILES string of the molecule is C[n+]1cccc2c1ccc[n+]2C.F[B-](F)(F)F.F[B-](F)(F)F. The van der Waals surface area contributed by atoms with E-state index in [9.17, 15) is 34.5 Å². The number of aromatic nitrogens is 2. The topological polar surface area (TPSA) is 7.76 Å². The van der Waals surface area contributed by atoms with Crippen LogP contribution in [0.15, 0.2) is 36.7 Å². The van der Waals surface area contributed by atoms with Crippen molar-refractivity contribution in [2.75, 3.05) is 0 Å². The Morgan fingerprint density at radius 2 is 0.864 bits per heavy atom. The standard InChI is InChI=1S/C10H12N2.2BF4/c1-11-7-3-6-10-9(11)5-4-8-12(10)2;2*2-1(3,4)5/h3-8H,1-2H3;;/q+2;2*-1. The van der Waals surface area contributed by atoms with E-state index in [4.69, 9.17) is 0 Å². The number of halogens is 8. The smallest absolute Gasteiger partial charge is 0.418 e. The monoisotopic (exact) mass is 334 g/mol. The molecule has 0 spiro atoms. The van der Waals surface area contributed by atoms with Gasteiger partial charge in [0.05, 0.1) is 0 Å². The zero-order valence-electron chi connectivity index (χ0n) is 11.5. The summed E-state index contributed by atoms with van der Waals surface area (Å²) >= 11 is 0. The number of fused-ring (bicyclic) bond motifs is 1. The first-order valence-corrected chi connectivity index (χ1v) is 5.76. The molecule has 0 N–H and O–H groups in total. The summed E-state index contributed by atoms with van der Waals surface area (Å²) in [6.45, 7) is 0. The van der Waals surface area contributed by atoms with Gasteiger partial charge in [0.15, 0.2) is 12.4 Å². The Labute approximate surface area is 121 Å². The average molecular weight is 334 g/mol. The van der Waals surface area contributed by atoms with Crippen LogP contribution in [0.1, 0.15) is 0 Å². The van der Waals surface area contributed by atoms with Crippen LogP contribution in [0, 0.1) is 0 Å². The van der Waals surface area contributed by atoms with E-state index in [1.807, 2.05) is 0 Å². The first-order valence-electron chi connectivity index (χ1n) is 5.76. The third-order valence-electron chi connectivity index (χ3n) is 2.15. The quantitative estimate of drug-likeness (QED) is 0.398. The van der Waals surface area contributed by atoms with Crippen molar-refractivity contribution in [3.05, 3.63) is 36.7 Å². The summed E-state index contributed by atoms with van der Waals surface area (Å²) in [6, 6.07) is 8.36. The van der Waals surface area contributed by atoms with Crippen molar-refractivity contribution in [2.24, 2.45) is 14.1 Å². The molecule has 0 aliphatic heterocycles. The predicted molar refractivity (Wildman–Crippen MR) is 66.7 cm³/mol. The molecular formula is C10H12B2F8N2. The summed E-state index contributed by atoms with van der Waals surface area (Å²) in [5.41, 5.74) is 2.50. The fourth-order valence-electron chi connectivity index (χ4n) is 1.45. The molecule has 0 radical (unpaired) electrons. The van der Waals surface area contributed by atoms with Gasteiger partial charge in [0, 0.05) is 24.3 Å². The van der Waals surface area contributed by atoms with Gasteiger partial charge in [0.1, 0.15) is 14.1 Å². The van der Waals surface area contributed by atoms with Crippen molar-refractivity contribution in [2.45, 2.75) is 0 Å². The third-order valence-corrected chi connectivity index (χ3v) is 2.15. The van der Waals surface area contributed by atoms with E-state index in [2.05, 4.69) is 59.9 Å². The molecule has 2 nitrogen and oxygen atoms in total. The molecule has 0 saturated carbocycles. The van der Waals surface area contributed by atoms with Crippen molar-refractivity contribution in [3.63, 3.8) is 0 Å². The van der Waals surface area contributed by atoms with Crippen molar-refractivity contribution >= 4 is 25.5 Å². The molecular weight excluding hydrogens is 322 g/mol. The molecule has 2 aromatic rings. The second-order valence-corrected chi connectivity index (χ2v) is 4.00. The highest BCUT2D eigenvalue weighted by molar-refractivity contribution is 6.50. The Bertz CT molecular complexity index is 534. The summed E-state index contributed by atoms with van der Waals surface area (Å²) in [6.07, 6.45) is 4.12.